The molecule has 3 heterocycles. The molecule has 0 aliphatic carbocycles. The number of ether oxygens (including phenoxy) is 2. The summed E-state index contributed by atoms with van der Waals surface area (Å²) in [5.41, 5.74) is 2.23. The maximum atomic E-state index is 12.7. The first-order valence-electron chi connectivity index (χ1n) is 12.9. The predicted molar refractivity (Wildman–Crippen MR) is 143 cm³/mol. The third-order valence-corrected chi connectivity index (χ3v) is 7.19. The topological polar surface area (TPSA) is 113 Å². The van der Waals surface area contributed by atoms with Gasteiger partial charge in [0.15, 0.2) is 11.5 Å². The zero-order valence-corrected chi connectivity index (χ0v) is 21.4. The molecule has 0 radical (unpaired) electrons. The third-order valence-electron chi connectivity index (χ3n) is 7.19. The average molecular weight is 521 g/mol. The maximum absolute atomic E-state index is 12.7. The molecular formula is C28H32N4O6. The molecule has 10 heteroatoms. The van der Waals surface area contributed by atoms with E-state index in [4.69, 9.17) is 9.47 Å². The summed E-state index contributed by atoms with van der Waals surface area (Å²) in [7, 11) is 0. The van der Waals surface area contributed by atoms with Gasteiger partial charge in [-0.25, -0.2) is 4.79 Å². The Morgan fingerprint density at radius 1 is 1.03 bits per heavy atom. The lowest BCUT2D eigenvalue weighted by atomic mass is 10.0. The molecule has 1 aromatic heterocycles. The summed E-state index contributed by atoms with van der Waals surface area (Å²) in [6.07, 6.45) is 0.498. The molecule has 0 bridgehead atoms. The van der Waals surface area contributed by atoms with Crippen molar-refractivity contribution in [2.45, 2.75) is 38.9 Å². The van der Waals surface area contributed by atoms with Gasteiger partial charge >= 0.3 is 6.09 Å². The number of amides is 2. The molecule has 0 spiro atoms. The van der Waals surface area contributed by atoms with Crippen LogP contribution in [-0.4, -0.2) is 70.4 Å². The van der Waals surface area contributed by atoms with Crippen LogP contribution >= 0.6 is 0 Å². The largest absolute Gasteiger partial charge is 0.486 e. The zero-order chi connectivity index (χ0) is 26.6. The number of carbonyl (C=O) groups excluding carboxylic acids is 1. The highest BCUT2D eigenvalue weighted by atomic mass is 16.6. The number of aromatic nitrogens is 1. The molecular weight excluding hydrogens is 488 g/mol. The van der Waals surface area contributed by atoms with E-state index in [-0.39, 0.29) is 17.5 Å². The number of rotatable bonds is 7. The van der Waals surface area contributed by atoms with Crippen molar-refractivity contribution in [3.63, 3.8) is 0 Å². The number of benzene rings is 2. The molecule has 200 valence electrons. The summed E-state index contributed by atoms with van der Waals surface area (Å²) in [5.74, 6) is 1.18. The molecule has 0 saturated carbocycles. The second-order valence-electron chi connectivity index (χ2n) is 9.70. The highest BCUT2D eigenvalue weighted by Gasteiger charge is 2.28. The fourth-order valence-corrected chi connectivity index (χ4v) is 5.29. The summed E-state index contributed by atoms with van der Waals surface area (Å²) < 4.78 is 12.9. The van der Waals surface area contributed by atoms with Crippen LogP contribution in [0.15, 0.2) is 53.3 Å². The molecule has 38 heavy (non-hydrogen) atoms. The number of carboxylic acid groups (broad SMARTS) is 1. The summed E-state index contributed by atoms with van der Waals surface area (Å²) in [6, 6.07) is 14.3. The second-order valence-corrected chi connectivity index (χ2v) is 9.70. The van der Waals surface area contributed by atoms with Gasteiger partial charge in [0.25, 0.3) is 5.56 Å². The molecule has 0 unspecified atom stereocenters. The number of likely N-dealkylation sites (tertiary alicyclic amines) is 1. The first-order chi connectivity index (χ1) is 18.4. The molecule has 2 aliphatic rings. The minimum atomic E-state index is -0.935. The van der Waals surface area contributed by atoms with Crippen LogP contribution in [0.5, 0.6) is 11.5 Å². The Balaban J connectivity index is 1.21. The molecule has 1 fully saturated rings. The van der Waals surface area contributed by atoms with Crippen molar-refractivity contribution < 1.29 is 24.2 Å². The van der Waals surface area contributed by atoms with Gasteiger partial charge in [0, 0.05) is 57.1 Å². The van der Waals surface area contributed by atoms with Crippen LogP contribution in [0.3, 0.4) is 0 Å². The van der Waals surface area contributed by atoms with Crippen molar-refractivity contribution in [1.29, 1.82) is 0 Å². The lowest BCUT2D eigenvalue weighted by Crippen LogP contribution is -2.47. The summed E-state index contributed by atoms with van der Waals surface area (Å²) in [5, 5.41) is 13.6. The molecule has 2 aromatic carbocycles. The van der Waals surface area contributed by atoms with Crippen molar-refractivity contribution >= 4 is 28.6 Å². The maximum Gasteiger partial charge on any atom is 0.407 e. The van der Waals surface area contributed by atoms with Crippen LogP contribution < -0.4 is 20.3 Å². The fourth-order valence-electron chi connectivity index (χ4n) is 5.29. The van der Waals surface area contributed by atoms with Crippen molar-refractivity contribution in [3.05, 3.63) is 64.4 Å². The van der Waals surface area contributed by atoms with Crippen LogP contribution in [-0.2, 0) is 17.9 Å². The van der Waals surface area contributed by atoms with Gasteiger partial charge in [-0.05, 0) is 48.7 Å². The van der Waals surface area contributed by atoms with Crippen LogP contribution in [0.2, 0.25) is 0 Å². The lowest BCUT2D eigenvalue weighted by Gasteiger charge is -2.37. The molecule has 10 nitrogen and oxygen atoms in total. The Hall–Kier alpha value is -4.05. The van der Waals surface area contributed by atoms with Crippen LogP contribution in [0.1, 0.15) is 25.3 Å². The molecule has 0 atom stereocenters. The lowest BCUT2D eigenvalue weighted by molar-refractivity contribution is -0.114. The normalized spacial score (nSPS) is 15.8. The van der Waals surface area contributed by atoms with Crippen molar-refractivity contribution in [3.8, 4) is 11.5 Å². The number of pyridine rings is 1. The Morgan fingerprint density at radius 3 is 2.53 bits per heavy atom. The van der Waals surface area contributed by atoms with Crippen molar-refractivity contribution in [2.75, 3.05) is 38.2 Å². The van der Waals surface area contributed by atoms with E-state index in [2.05, 4.69) is 10.2 Å². The van der Waals surface area contributed by atoms with Gasteiger partial charge in [-0.3, -0.25) is 9.59 Å². The molecule has 5 rings (SSSR count). The van der Waals surface area contributed by atoms with E-state index >= 15 is 0 Å². The van der Waals surface area contributed by atoms with E-state index < -0.39 is 6.09 Å². The molecule has 2 amide bonds. The zero-order valence-electron chi connectivity index (χ0n) is 21.4. The van der Waals surface area contributed by atoms with Gasteiger partial charge < -0.3 is 34.3 Å². The van der Waals surface area contributed by atoms with Gasteiger partial charge in [-0.15, -0.1) is 0 Å². The van der Waals surface area contributed by atoms with E-state index in [0.29, 0.717) is 62.9 Å². The molecule has 3 aromatic rings. The van der Waals surface area contributed by atoms with E-state index in [1.54, 1.807) is 10.6 Å². The van der Waals surface area contributed by atoms with Gasteiger partial charge in [0.05, 0.1) is 11.2 Å². The Kier molecular flexibility index (Phi) is 7.50. The SMILES string of the molecule is CC(=O)Nc1cccc2c1ccc(=O)n2CCN1CCC(N(Cc2ccc3c(c2)OCCO3)C(=O)O)CC1. The Labute approximate surface area is 220 Å². The van der Waals surface area contributed by atoms with E-state index in [1.807, 2.05) is 36.4 Å². The number of piperidine rings is 1. The number of hydrogen-bond acceptors (Lipinski definition) is 6. The monoisotopic (exact) mass is 520 g/mol. The highest BCUT2D eigenvalue weighted by molar-refractivity contribution is 6.00. The highest BCUT2D eigenvalue weighted by Crippen LogP contribution is 2.32. The van der Waals surface area contributed by atoms with Gasteiger partial charge in [-0.1, -0.05) is 12.1 Å². The van der Waals surface area contributed by atoms with Crippen LogP contribution in [0, 0.1) is 0 Å². The first-order valence-corrected chi connectivity index (χ1v) is 12.9. The molecule has 2 aliphatic heterocycles. The number of anilines is 1. The third kappa shape index (κ3) is 5.60. The Bertz CT molecular complexity index is 1400. The second kappa shape index (κ2) is 11.1. The average Bonchev–Trinajstić information content (AvgIpc) is 2.91. The minimum Gasteiger partial charge on any atom is -0.486 e. The van der Waals surface area contributed by atoms with Crippen molar-refractivity contribution in [2.24, 2.45) is 0 Å². The minimum absolute atomic E-state index is 0.0857. The van der Waals surface area contributed by atoms with Gasteiger partial charge in [-0.2, -0.15) is 0 Å². The van der Waals surface area contributed by atoms with E-state index in [9.17, 15) is 19.5 Å². The van der Waals surface area contributed by atoms with Gasteiger partial charge in [0.1, 0.15) is 13.2 Å². The predicted octanol–water partition coefficient (Wildman–Crippen LogP) is 3.38. The standard InChI is InChI=1S/C28H32N4O6/c1-19(33)29-23-3-2-4-24-22(23)6-8-27(34)31(24)14-13-30-11-9-21(10-12-30)32(28(35)36)18-20-5-7-25-26(17-20)38-16-15-37-25/h2-8,17,21H,9-16,18H2,1H3,(H,29,33)(H,35,36). The molecule has 1 saturated heterocycles. The van der Waals surface area contributed by atoms with Crippen molar-refractivity contribution in [1.82, 2.24) is 14.4 Å². The quantitative estimate of drug-likeness (QED) is 0.491. The number of fused-ring (bicyclic) bond motifs is 2. The summed E-state index contributed by atoms with van der Waals surface area (Å²) in [4.78, 5) is 40.2. The van der Waals surface area contributed by atoms with Gasteiger partial charge in [0.2, 0.25) is 5.91 Å². The smallest absolute Gasteiger partial charge is 0.407 e. The number of carbonyl (C=O) groups is 2. The van der Waals surface area contributed by atoms with Crippen LogP contribution in [0.4, 0.5) is 10.5 Å². The molecule has 2 N–H and O–H groups in total. The van der Waals surface area contributed by atoms with E-state index in [1.165, 1.54) is 17.9 Å². The fraction of sp³-hybridized carbons (Fsp3) is 0.393. The summed E-state index contributed by atoms with van der Waals surface area (Å²) >= 11 is 0. The Morgan fingerprint density at radius 2 is 1.79 bits per heavy atom. The number of nitrogens with one attached hydrogen (secondary N) is 1. The first kappa shape index (κ1) is 25.6. The summed E-state index contributed by atoms with van der Waals surface area (Å²) in [6.45, 7) is 5.41. The number of nitrogens with zero attached hydrogens (tertiary/aromatic N) is 3. The van der Waals surface area contributed by atoms with E-state index in [0.717, 1.165) is 29.6 Å². The van der Waals surface area contributed by atoms with Crippen LogP contribution in [0.25, 0.3) is 10.9 Å². The number of hydrogen-bond donors (Lipinski definition) is 2.